The van der Waals surface area contributed by atoms with Crippen molar-refractivity contribution in [2.24, 2.45) is 5.41 Å². The monoisotopic (exact) mass is 464 g/mol. The average molecular weight is 465 g/mol. The first-order valence-corrected chi connectivity index (χ1v) is 11.7. The molecule has 2 aromatic rings. The summed E-state index contributed by atoms with van der Waals surface area (Å²) in [7, 11) is 0. The number of carboxylic acids is 1. The molecule has 0 aliphatic heterocycles. The van der Waals surface area contributed by atoms with Crippen molar-refractivity contribution in [1.82, 2.24) is 10.6 Å². The van der Waals surface area contributed by atoms with E-state index in [1.54, 1.807) is 0 Å². The summed E-state index contributed by atoms with van der Waals surface area (Å²) in [5.41, 5.74) is 3.58. The van der Waals surface area contributed by atoms with Crippen LogP contribution in [-0.2, 0) is 14.3 Å². The van der Waals surface area contributed by atoms with Crippen molar-refractivity contribution in [3.63, 3.8) is 0 Å². The number of rotatable bonds is 8. The van der Waals surface area contributed by atoms with Gasteiger partial charge in [0.1, 0.15) is 12.6 Å². The fourth-order valence-electron chi connectivity index (χ4n) is 4.74. The van der Waals surface area contributed by atoms with Gasteiger partial charge in [-0.2, -0.15) is 0 Å². The second-order valence-corrected chi connectivity index (χ2v) is 10.6. The number of hydrogen-bond acceptors (Lipinski definition) is 4. The van der Waals surface area contributed by atoms with E-state index in [0.29, 0.717) is 19.3 Å². The van der Waals surface area contributed by atoms with Crippen LogP contribution in [0.25, 0.3) is 11.1 Å². The molecule has 0 aromatic heterocycles. The minimum absolute atomic E-state index is 0.0710. The summed E-state index contributed by atoms with van der Waals surface area (Å²) in [6.45, 7) is 6.11. The van der Waals surface area contributed by atoms with Crippen molar-refractivity contribution < 1.29 is 24.2 Å². The Bertz CT molecular complexity index is 1050. The predicted molar refractivity (Wildman–Crippen MR) is 128 cm³/mol. The van der Waals surface area contributed by atoms with Gasteiger partial charge in [0.05, 0.1) is 12.0 Å². The Morgan fingerprint density at radius 2 is 1.59 bits per heavy atom. The average Bonchev–Trinajstić information content (AvgIpc) is 3.42. The molecule has 1 atom stereocenters. The first kappa shape index (κ1) is 23.8. The number of hydrogen-bond donors (Lipinski definition) is 3. The topological polar surface area (TPSA) is 105 Å². The Labute approximate surface area is 199 Å². The van der Waals surface area contributed by atoms with E-state index < -0.39 is 23.6 Å². The molecule has 4 rings (SSSR count). The van der Waals surface area contributed by atoms with Crippen LogP contribution in [0.3, 0.4) is 0 Å². The maximum absolute atomic E-state index is 13.0. The molecule has 0 radical (unpaired) electrons. The van der Waals surface area contributed by atoms with Gasteiger partial charge in [0.15, 0.2) is 0 Å². The number of amides is 2. The van der Waals surface area contributed by atoms with Crippen LogP contribution in [0.1, 0.15) is 63.5 Å². The van der Waals surface area contributed by atoms with E-state index in [4.69, 9.17) is 9.84 Å². The summed E-state index contributed by atoms with van der Waals surface area (Å²) in [6.07, 6.45) is 0.864. The van der Waals surface area contributed by atoms with E-state index in [-0.39, 0.29) is 30.3 Å². The summed E-state index contributed by atoms with van der Waals surface area (Å²) in [4.78, 5) is 36.9. The van der Waals surface area contributed by atoms with Crippen molar-refractivity contribution in [3.05, 3.63) is 59.7 Å². The van der Waals surface area contributed by atoms with Gasteiger partial charge in [0, 0.05) is 5.92 Å². The molecule has 2 aromatic carbocycles. The van der Waals surface area contributed by atoms with Gasteiger partial charge in [0.25, 0.3) is 0 Å². The van der Waals surface area contributed by atoms with Crippen LogP contribution in [0, 0.1) is 5.41 Å². The Morgan fingerprint density at radius 3 is 2.09 bits per heavy atom. The van der Waals surface area contributed by atoms with Crippen LogP contribution in [0.15, 0.2) is 48.5 Å². The van der Waals surface area contributed by atoms with E-state index in [0.717, 1.165) is 22.3 Å². The second-order valence-electron chi connectivity index (χ2n) is 10.6. The molecule has 1 fully saturated rings. The zero-order valence-electron chi connectivity index (χ0n) is 19.9. The zero-order chi connectivity index (χ0) is 24.5. The van der Waals surface area contributed by atoms with Gasteiger partial charge in [-0.05, 0) is 46.9 Å². The third-order valence-corrected chi connectivity index (χ3v) is 6.50. The molecule has 180 valence electrons. The van der Waals surface area contributed by atoms with Crippen molar-refractivity contribution in [1.29, 1.82) is 0 Å². The van der Waals surface area contributed by atoms with Gasteiger partial charge in [0.2, 0.25) is 5.91 Å². The van der Waals surface area contributed by atoms with Crippen LogP contribution in [0.2, 0.25) is 0 Å². The molecular formula is C27H32N2O5. The SMILES string of the molecule is CC(C)(C)CC(NC(=O)OCC1c2ccccc2-c2ccccc21)C(=O)NC1(CC(=O)O)CC1. The molecule has 0 spiro atoms. The van der Waals surface area contributed by atoms with Gasteiger partial charge in [-0.25, -0.2) is 4.79 Å². The third-order valence-electron chi connectivity index (χ3n) is 6.50. The van der Waals surface area contributed by atoms with Gasteiger partial charge in [-0.3, -0.25) is 9.59 Å². The minimum atomic E-state index is -0.949. The summed E-state index contributed by atoms with van der Waals surface area (Å²) in [5.74, 6) is -1.39. The number of aliphatic carboxylic acids is 1. The Hall–Kier alpha value is -3.35. The van der Waals surface area contributed by atoms with Gasteiger partial charge in [-0.1, -0.05) is 69.3 Å². The molecule has 1 saturated carbocycles. The summed E-state index contributed by atoms with van der Waals surface area (Å²) >= 11 is 0. The van der Waals surface area contributed by atoms with Crippen molar-refractivity contribution in [3.8, 4) is 11.1 Å². The smallest absolute Gasteiger partial charge is 0.407 e. The first-order chi connectivity index (χ1) is 16.1. The number of benzene rings is 2. The zero-order valence-corrected chi connectivity index (χ0v) is 19.9. The standard InChI is InChI=1S/C27H32N2O5/c1-26(2,3)14-22(24(32)29-27(12-13-27)15-23(30)31)28-25(33)34-16-21-19-10-6-4-8-17(19)18-9-5-7-11-20(18)21/h4-11,21-22H,12-16H2,1-3H3,(H,28,33)(H,29,32)(H,30,31). The van der Waals surface area contributed by atoms with E-state index >= 15 is 0 Å². The summed E-state index contributed by atoms with van der Waals surface area (Å²) in [6, 6.07) is 15.4. The minimum Gasteiger partial charge on any atom is -0.481 e. The molecule has 1 unspecified atom stereocenters. The van der Waals surface area contributed by atoms with Crippen LogP contribution >= 0.6 is 0 Å². The second kappa shape index (κ2) is 9.12. The predicted octanol–water partition coefficient (Wildman–Crippen LogP) is 4.45. The van der Waals surface area contributed by atoms with Crippen molar-refractivity contribution in [2.45, 2.75) is 64.0 Å². The number of carboxylic acid groups (broad SMARTS) is 1. The fourth-order valence-corrected chi connectivity index (χ4v) is 4.74. The van der Waals surface area contributed by atoms with Gasteiger partial charge >= 0.3 is 12.1 Å². The molecule has 2 amide bonds. The quantitative estimate of drug-likeness (QED) is 0.535. The highest BCUT2D eigenvalue weighted by molar-refractivity contribution is 5.87. The Kier molecular flexibility index (Phi) is 6.39. The summed E-state index contributed by atoms with van der Waals surface area (Å²) < 4.78 is 5.62. The molecule has 3 N–H and O–H groups in total. The molecule has 0 heterocycles. The molecule has 0 saturated heterocycles. The van der Waals surface area contributed by atoms with Crippen LogP contribution in [0.4, 0.5) is 4.79 Å². The lowest BCUT2D eigenvalue weighted by atomic mass is 9.87. The van der Waals surface area contributed by atoms with E-state index in [2.05, 4.69) is 34.9 Å². The van der Waals surface area contributed by atoms with E-state index in [1.807, 2.05) is 45.0 Å². The van der Waals surface area contributed by atoms with Gasteiger partial charge in [-0.15, -0.1) is 0 Å². The first-order valence-electron chi connectivity index (χ1n) is 11.7. The number of carbonyl (C=O) groups is 3. The van der Waals surface area contributed by atoms with E-state index in [9.17, 15) is 14.4 Å². The Balaban J connectivity index is 1.42. The Morgan fingerprint density at radius 1 is 1.03 bits per heavy atom. The lowest BCUT2D eigenvalue weighted by Gasteiger charge is -2.28. The maximum Gasteiger partial charge on any atom is 0.407 e. The lowest BCUT2D eigenvalue weighted by molar-refractivity contribution is -0.138. The highest BCUT2D eigenvalue weighted by atomic mass is 16.5. The third kappa shape index (κ3) is 5.41. The summed E-state index contributed by atoms with van der Waals surface area (Å²) in [5, 5.41) is 14.7. The molecule has 0 bridgehead atoms. The van der Waals surface area contributed by atoms with Gasteiger partial charge < -0.3 is 20.5 Å². The molecule has 34 heavy (non-hydrogen) atoms. The molecule has 2 aliphatic rings. The van der Waals surface area contributed by atoms with Crippen LogP contribution in [0.5, 0.6) is 0 Å². The maximum atomic E-state index is 13.0. The van der Waals surface area contributed by atoms with Crippen molar-refractivity contribution in [2.75, 3.05) is 6.61 Å². The highest BCUT2D eigenvalue weighted by Crippen LogP contribution is 2.44. The molecular weight excluding hydrogens is 432 g/mol. The molecule has 2 aliphatic carbocycles. The highest BCUT2D eigenvalue weighted by Gasteiger charge is 2.47. The fraction of sp³-hybridized carbons (Fsp3) is 0.444. The van der Waals surface area contributed by atoms with Crippen LogP contribution in [-0.4, -0.2) is 41.3 Å². The number of fused-ring (bicyclic) bond motifs is 3. The van der Waals surface area contributed by atoms with Crippen LogP contribution < -0.4 is 10.6 Å². The van der Waals surface area contributed by atoms with E-state index in [1.165, 1.54) is 0 Å². The largest absolute Gasteiger partial charge is 0.481 e. The normalized spacial score (nSPS) is 16.7. The lowest BCUT2D eigenvalue weighted by Crippen LogP contribution is -2.52. The van der Waals surface area contributed by atoms with Crippen molar-refractivity contribution >= 4 is 18.0 Å². The number of alkyl carbamates (subject to hydrolysis) is 1. The molecule has 7 nitrogen and oxygen atoms in total. The number of carbonyl (C=O) groups excluding carboxylic acids is 2. The molecule has 7 heteroatoms. The number of nitrogens with one attached hydrogen (secondary N) is 2. The number of ether oxygens (including phenoxy) is 1.